The standard InChI is InChI=1S/C10H10F2N2.ClH/c11-10(12)5-9(14)8-3-1-2-7(4-8)6-13;/h1-4,9-10H,5,14H2;1H/t9-;/m1./s1. The highest BCUT2D eigenvalue weighted by Gasteiger charge is 2.12. The van der Waals surface area contributed by atoms with Gasteiger partial charge in [0.1, 0.15) is 0 Å². The van der Waals surface area contributed by atoms with E-state index in [4.69, 9.17) is 11.0 Å². The van der Waals surface area contributed by atoms with Crippen LogP contribution < -0.4 is 5.73 Å². The number of benzene rings is 1. The van der Waals surface area contributed by atoms with Crippen LogP contribution in [0.2, 0.25) is 0 Å². The van der Waals surface area contributed by atoms with E-state index in [1.54, 1.807) is 18.2 Å². The van der Waals surface area contributed by atoms with Crippen LogP contribution in [-0.4, -0.2) is 6.43 Å². The lowest BCUT2D eigenvalue weighted by molar-refractivity contribution is 0.128. The van der Waals surface area contributed by atoms with Crippen molar-refractivity contribution < 1.29 is 8.78 Å². The summed E-state index contributed by atoms with van der Waals surface area (Å²) in [5, 5.41) is 8.59. The van der Waals surface area contributed by atoms with Crippen molar-refractivity contribution in [2.45, 2.75) is 18.9 Å². The van der Waals surface area contributed by atoms with Crippen molar-refractivity contribution in [2.75, 3.05) is 0 Å². The van der Waals surface area contributed by atoms with Crippen LogP contribution in [0.25, 0.3) is 0 Å². The zero-order valence-corrected chi connectivity index (χ0v) is 8.68. The Morgan fingerprint density at radius 3 is 2.60 bits per heavy atom. The third kappa shape index (κ3) is 4.24. The lowest BCUT2D eigenvalue weighted by Crippen LogP contribution is -2.13. The zero-order chi connectivity index (χ0) is 10.6. The van der Waals surface area contributed by atoms with Crippen LogP contribution in [0.3, 0.4) is 0 Å². The monoisotopic (exact) mass is 232 g/mol. The van der Waals surface area contributed by atoms with Crippen LogP contribution in [0.4, 0.5) is 8.78 Å². The van der Waals surface area contributed by atoms with Gasteiger partial charge in [0, 0.05) is 12.5 Å². The van der Waals surface area contributed by atoms with E-state index in [-0.39, 0.29) is 18.8 Å². The van der Waals surface area contributed by atoms with Gasteiger partial charge in [0.05, 0.1) is 11.6 Å². The summed E-state index contributed by atoms with van der Waals surface area (Å²) < 4.78 is 24.0. The van der Waals surface area contributed by atoms with E-state index in [0.717, 1.165) is 0 Å². The normalized spacial score (nSPS) is 11.7. The predicted octanol–water partition coefficient (Wildman–Crippen LogP) is 2.64. The van der Waals surface area contributed by atoms with Gasteiger partial charge in [0.2, 0.25) is 6.43 Å². The van der Waals surface area contributed by atoms with E-state index in [2.05, 4.69) is 0 Å². The highest BCUT2D eigenvalue weighted by molar-refractivity contribution is 5.85. The topological polar surface area (TPSA) is 49.8 Å². The molecule has 1 rings (SSSR count). The molecule has 1 aromatic rings. The molecule has 0 aromatic heterocycles. The Labute approximate surface area is 93.1 Å². The fraction of sp³-hybridized carbons (Fsp3) is 0.300. The second-order valence-electron chi connectivity index (χ2n) is 2.97. The van der Waals surface area contributed by atoms with Gasteiger partial charge in [-0.05, 0) is 17.7 Å². The molecule has 0 fully saturated rings. The minimum atomic E-state index is -2.42. The second kappa shape index (κ2) is 6.33. The van der Waals surface area contributed by atoms with Crippen molar-refractivity contribution in [1.82, 2.24) is 0 Å². The molecule has 82 valence electrons. The van der Waals surface area contributed by atoms with Crippen LogP contribution in [0, 0.1) is 11.3 Å². The van der Waals surface area contributed by atoms with Crippen LogP contribution in [0.1, 0.15) is 23.6 Å². The molecule has 0 saturated heterocycles. The number of hydrogen-bond donors (Lipinski definition) is 1. The van der Waals surface area contributed by atoms with Crippen molar-refractivity contribution in [1.29, 1.82) is 5.26 Å². The molecule has 2 nitrogen and oxygen atoms in total. The van der Waals surface area contributed by atoms with Crippen molar-refractivity contribution in [3.63, 3.8) is 0 Å². The molecule has 0 aliphatic heterocycles. The van der Waals surface area contributed by atoms with E-state index in [9.17, 15) is 8.78 Å². The number of alkyl halides is 2. The largest absolute Gasteiger partial charge is 0.324 e. The van der Waals surface area contributed by atoms with Crippen molar-refractivity contribution in [3.8, 4) is 6.07 Å². The third-order valence-electron chi connectivity index (χ3n) is 1.88. The summed E-state index contributed by atoms with van der Waals surface area (Å²) in [7, 11) is 0. The first kappa shape index (κ1) is 13.8. The first-order valence-corrected chi connectivity index (χ1v) is 4.17. The number of nitriles is 1. The number of rotatable bonds is 3. The van der Waals surface area contributed by atoms with E-state index in [1.807, 2.05) is 6.07 Å². The molecule has 2 N–H and O–H groups in total. The minimum absolute atomic E-state index is 0. The first-order valence-electron chi connectivity index (χ1n) is 4.17. The average Bonchev–Trinajstić information content (AvgIpc) is 2.17. The Morgan fingerprint density at radius 2 is 2.07 bits per heavy atom. The average molecular weight is 233 g/mol. The molecule has 0 amide bonds. The van der Waals surface area contributed by atoms with Gasteiger partial charge in [-0.3, -0.25) is 0 Å². The van der Waals surface area contributed by atoms with Gasteiger partial charge in [0.15, 0.2) is 0 Å². The van der Waals surface area contributed by atoms with Crippen molar-refractivity contribution in [2.24, 2.45) is 5.73 Å². The molecule has 0 aliphatic rings. The summed E-state index contributed by atoms with van der Waals surface area (Å²) in [6, 6.07) is 7.66. The molecule has 0 heterocycles. The fourth-order valence-corrected chi connectivity index (χ4v) is 1.17. The highest BCUT2D eigenvalue weighted by atomic mass is 35.5. The summed E-state index contributed by atoms with van der Waals surface area (Å²) in [4.78, 5) is 0. The van der Waals surface area contributed by atoms with E-state index < -0.39 is 12.5 Å². The molecule has 1 aromatic carbocycles. The van der Waals surface area contributed by atoms with Gasteiger partial charge in [-0.25, -0.2) is 8.78 Å². The molecule has 0 spiro atoms. The number of nitrogens with zero attached hydrogens (tertiary/aromatic N) is 1. The number of hydrogen-bond acceptors (Lipinski definition) is 2. The van der Waals surface area contributed by atoms with Gasteiger partial charge in [-0.15, -0.1) is 12.4 Å². The number of halogens is 3. The van der Waals surface area contributed by atoms with Crippen LogP contribution in [0.5, 0.6) is 0 Å². The van der Waals surface area contributed by atoms with Gasteiger partial charge in [0.25, 0.3) is 0 Å². The van der Waals surface area contributed by atoms with Crippen molar-refractivity contribution in [3.05, 3.63) is 35.4 Å². The fourth-order valence-electron chi connectivity index (χ4n) is 1.17. The smallest absolute Gasteiger partial charge is 0.240 e. The minimum Gasteiger partial charge on any atom is -0.324 e. The molecule has 5 heteroatoms. The summed E-state index contributed by atoms with van der Waals surface area (Å²) in [5.41, 5.74) is 6.54. The van der Waals surface area contributed by atoms with Gasteiger partial charge >= 0.3 is 0 Å². The Hall–Kier alpha value is -1.18. The van der Waals surface area contributed by atoms with Crippen LogP contribution in [-0.2, 0) is 0 Å². The number of nitrogens with two attached hydrogens (primary N) is 1. The second-order valence-corrected chi connectivity index (χ2v) is 2.97. The SMILES string of the molecule is Cl.N#Cc1cccc([C@H](N)CC(F)F)c1. The summed E-state index contributed by atoms with van der Waals surface area (Å²) in [5.74, 6) is 0. The molecule has 0 unspecified atom stereocenters. The maximum atomic E-state index is 12.0. The molecule has 0 aliphatic carbocycles. The zero-order valence-electron chi connectivity index (χ0n) is 7.86. The molecule has 1 atom stereocenters. The quantitative estimate of drug-likeness (QED) is 0.871. The molecule has 0 bridgehead atoms. The summed E-state index contributed by atoms with van der Waals surface area (Å²) in [6.45, 7) is 0. The molecule has 0 saturated carbocycles. The molecule has 15 heavy (non-hydrogen) atoms. The Morgan fingerprint density at radius 1 is 1.40 bits per heavy atom. The van der Waals surface area contributed by atoms with Crippen molar-refractivity contribution >= 4 is 12.4 Å². The van der Waals surface area contributed by atoms with Gasteiger partial charge in [-0.2, -0.15) is 5.26 Å². The van der Waals surface area contributed by atoms with Crippen LogP contribution >= 0.6 is 12.4 Å². The third-order valence-corrected chi connectivity index (χ3v) is 1.88. The lowest BCUT2D eigenvalue weighted by Gasteiger charge is -2.10. The van der Waals surface area contributed by atoms with E-state index >= 15 is 0 Å². The Bertz CT molecular complexity index is 350. The van der Waals surface area contributed by atoms with Gasteiger partial charge < -0.3 is 5.73 Å². The van der Waals surface area contributed by atoms with E-state index in [1.165, 1.54) is 6.07 Å². The summed E-state index contributed by atoms with van der Waals surface area (Å²) in [6.07, 6.45) is -2.80. The lowest BCUT2D eigenvalue weighted by atomic mass is 10.0. The Balaban J connectivity index is 0.00000196. The van der Waals surface area contributed by atoms with Crippen LogP contribution in [0.15, 0.2) is 24.3 Å². The first-order chi connectivity index (χ1) is 6.63. The highest BCUT2D eigenvalue weighted by Crippen LogP contribution is 2.18. The summed E-state index contributed by atoms with van der Waals surface area (Å²) >= 11 is 0. The molecular formula is C10H11ClF2N2. The van der Waals surface area contributed by atoms with E-state index in [0.29, 0.717) is 11.1 Å². The predicted molar refractivity (Wildman–Crippen MR) is 56.0 cm³/mol. The maximum absolute atomic E-state index is 12.0. The molecule has 0 radical (unpaired) electrons. The maximum Gasteiger partial charge on any atom is 0.240 e. The van der Waals surface area contributed by atoms with Gasteiger partial charge in [-0.1, -0.05) is 12.1 Å². The molecular weight excluding hydrogens is 222 g/mol. The Kier molecular flexibility index (Phi) is 5.83.